The number of hydrogen-bond acceptors (Lipinski definition) is 5. The molecule has 7 heteroatoms. The Kier molecular flexibility index (Phi) is 9.37. The number of allylic oxidation sites excluding steroid dienone is 3. The van der Waals surface area contributed by atoms with Crippen molar-refractivity contribution in [2.75, 3.05) is 11.9 Å². The smallest absolute Gasteiger partial charge is 0.305 e. The molecule has 1 amide bonds. The molecule has 2 aromatic rings. The topological polar surface area (TPSA) is 110 Å². The molecule has 0 fully saturated rings. The van der Waals surface area contributed by atoms with Crippen molar-refractivity contribution in [3.05, 3.63) is 78.0 Å². The lowest BCUT2D eigenvalue weighted by Crippen LogP contribution is -2.40. The van der Waals surface area contributed by atoms with Crippen molar-refractivity contribution in [2.45, 2.75) is 70.1 Å². The molecular formula is C31H38N2O5. The van der Waals surface area contributed by atoms with Gasteiger partial charge < -0.3 is 25.5 Å². The van der Waals surface area contributed by atoms with Crippen LogP contribution in [0.4, 0.5) is 5.69 Å². The van der Waals surface area contributed by atoms with Crippen molar-refractivity contribution in [1.29, 1.82) is 0 Å². The summed E-state index contributed by atoms with van der Waals surface area (Å²) in [6.45, 7) is 2.62. The normalized spacial score (nSPS) is 20.6. The molecule has 2 unspecified atom stereocenters. The quantitative estimate of drug-likeness (QED) is 0.334. The van der Waals surface area contributed by atoms with Gasteiger partial charge in [-0.1, -0.05) is 61.5 Å². The molecule has 4 N–H and O–H groups in total. The second-order valence-corrected chi connectivity index (χ2v) is 10.2. The van der Waals surface area contributed by atoms with E-state index in [1.807, 2.05) is 42.5 Å². The maximum Gasteiger partial charge on any atom is 0.305 e. The van der Waals surface area contributed by atoms with Crippen molar-refractivity contribution >= 4 is 17.6 Å². The van der Waals surface area contributed by atoms with E-state index in [0.717, 1.165) is 53.8 Å². The number of aliphatic hydroxyl groups is 2. The van der Waals surface area contributed by atoms with Gasteiger partial charge in [-0.3, -0.25) is 9.59 Å². The van der Waals surface area contributed by atoms with E-state index in [0.29, 0.717) is 13.0 Å². The lowest BCUT2D eigenvalue weighted by Gasteiger charge is -2.32. The van der Waals surface area contributed by atoms with Crippen LogP contribution >= 0.6 is 0 Å². The van der Waals surface area contributed by atoms with Gasteiger partial charge >= 0.3 is 5.97 Å². The van der Waals surface area contributed by atoms with E-state index in [1.54, 1.807) is 0 Å². The molecule has 2 aromatic carbocycles. The fraction of sp³-hybridized carbons (Fsp3) is 0.419. The summed E-state index contributed by atoms with van der Waals surface area (Å²) in [4.78, 5) is 26.8. The predicted octanol–water partition coefficient (Wildman–Crippen LogP) is 4.97. The van der Waals surface area contributed by atoms with Gasteiger partial charge in [0.2, 0.25) is 5.91 Å². The third-order valence-corrected chi connectivity index (χ3v) is 7.50. The van der Waals surface area contributed by atoms with Crippen LogP contribution in [-0.4, -0.2) is 56.9 Å². The highest BCUT2D eigenvalue weighted by atomic mass is 16.4. The highest BCUT2D eigenvalue weighted by molar-refractivity contribution is 5.96. The van der Waals surface area contributed by atoms with Crippen LogP contribution in [0, 0.1) is 5.92 Å². The van der Waals surface area contributed by atoms with E-state index in [4.69, 9.17) is 5.11 Å². The monoisotopic (exact) mass is 518 g/mol. The number of benzene rings is 2. The van der Waals surface area contributed by atoms with Crippen LogP contribution in [0.25, 0.3) is 11.1 Å². The molecule has 0 spiro atoms. The van der Waals surface area contributed by atoms with E-state index in [-0.39, 0.29) is 30.7 Å². The summed E-state index contributed by atoms with van der Waals surface area (Å²) in [5.41, 5.74) is 5.17. The largest absolute Gasteiger partial charge is 0.481 e. The van der Waals surface area contributed by atoms with Gasteiger partial charge in [0.15, 0.2) is 0 Å². The van der Waals surface area contributed by atoms with Gasteiger partial charge in [-0.25, -0.2) is 0 Å². The first-order chi connectivity index (χ1) is 18.4. The Labute approximate surface area is 224 Å². The van der Waals surface area contributed by atoms with Crippen LogP contribution < -0.4 is 5.32 Å². The number of aliphatic hydroxyl groups excluding tert-OH is 2. The highest BCUT2D eigenvalue weighted by Crippen LogP contribution is 2.41. The fourth-order valence-corrected chi connectivity index (χ4v) is 5.69. The summed E-state index contributed by atoms with van der Waals surface area (Å²) in [5.74, 6) is -1.45. The average molecular weight is 519 g/mol. The summed E-state index contributed by atoms with van der Waals surface area (Å²) < 4.78 is 0. The zero-order valence-electron chi connectivity index (χ0n) is 21.9. The molecule has 1 aliphatic heterocycles. The van der Waals surface area contributed by atoms with Crippen LogP contribution in [0.1, 0.15) is 51.9 Å². The van der Waals surface area contributed by atoms with E-state index in [9.17, 15) is 19.8 Å². The molecule has 1 heterocycles. The van der Waals surface area contributed by atoms with Crippen LogP contribution in [0.15, 0.2) is 78.0 Å². The summed E-state index contributed by atoms with van der Waals surface area (Å²) >= 11 is 0. The summed E-state index contributed by atoms with van der Waals surface area (Å²) in [6, 6.07) is 18.0. The standard InChI is InChI=1S/C31H38N2O5/c1-2-27-30(31(38)32-23-15-13-22(14-16-23)21-9-5-3-6-10-21)26-11-7-4-8-12-28(26)33(27)18-17-24(34)19-25(35)20-29(36)37/h3,5-7,9-11,13-16,24-25,27,30,34-35H,2,4,8,12,17-20H2,1H3,(H,32,38)(H,36,37)/t24-,25-,27?,30?/m1/s1. The third-order valence-electron chi connectivity index (χ3n) is 7.50. The number of nitrogens with zero attached hydrogens (tertiary/aromatic N) is 1. The molecule has 0 bridgehead atoms. The van der Waals surface area contributed by atoms with Crippen molar-refractivity contribution < 1.29 is 24.9 Å². The lowest BCUT2D eigenvalue weighted by molar-refractivity contribution is -0.139. The van der Waals surface area contributed by atoms with Gasteiger partial charge in [0.1, 0.15) is 0 Å². The van der Waals surface area contributed by atoms with Crippen LogP contribution in [0.3, 0.4) is 0 Å². The minimum Gasteiger partial charge on any atom is -0.481 e. The van der Waals surface area contributed by atoms with Crippen LogP contribution in [0.2, 0.25) is 0 Å². The second kappa shape index (κ2) is 12.9. The van der Waals surface area contributed by atoms with E-state index in [2.05, 4.69) is 41.4 Å². The maximum atomic E-state index is 13.7. The Hall–Kier alpha value is -3.42. The summed E-state index contributed by atoms with van der Waals surface area (Å²) in [5, 5.41) is 32.4. The minimum atomic E-state index is -1.08. The zero-order chi connectivity index (χ0) is 27.1. The number of rotatable bonds is 11. The number of amides is 1. The number of carboxylic acid groups (broad SMARTS) is 1. The summed E-state index contributed by atoms with van der Waals surface area (Å²) in [6.07, 6.45) is 5.96. The number of carboxylic acids is 1. The molecule has 0 saturated carbocycles. The molecule has 4 rings (SSSR count). The Morgan fingerprint density at radius 1 is 1.03 bits per heavy atom. The number of nitrogens with one attached hydrogen (secondary N) is 1. The van der Waals surface area contributed by atoms with Crippen molar-refractivity contribution in [3.8, 4) is 11.1 Å². The first kappa shape index (κ1) is 27.6. The number of aliphatic carboxylic acids is 1. The molecule has 4 atom stereocenters. The molecule has 0 saturated heterocycles. The van der Waals surface area contributed by atoms with E-state index >= 15 is 0 Å². The molecule has 0 aromatic heterocycles. The lowest BCUT2D eigenvalue weighted by atomic mass is 9.90. The van der Waals surface area contributed by atoms with Gasteiger partial charge in [-0.2, -0.15) is 0 Å². The predicted molar refractivity (Wildman–Crippen MR) is 148 cm³/mol. The number of hydrogen-bond donors (Lipinski definition) is 4. The maximum absolute atomic E-state index is 13.7. The number of carbonyl (C=O) groups excluding carboxylic acids is 1. The third kappa shape index (κ3) is 6.71. The number of carbonyl (C=O) groups is 2. The second-order valence-electron chi connectivity index (χ2n) is 10.2. The molecule has 2 aliphatic rings. The average Bonchev–Trinajstić information content (AvgIpc) is 3.01. The molecule has 1 aliphatic carbocycles. The van der Waals surface area contributed by atoms with Crippen molar-refractivity contribution in [3.63, 3.8) is 0 Å². The van der Waals surface area contributed by atoms with E-state index < -0.39 is 18.2 Å². The number of anilines is 1. The molecule has 0 radical (unpaired) electrons. The SMILES string of the molecule is CCC1C(C(=O)Nc2ccc(-c3ccccc3)cc2)C2=C(CCCC=C2)N1CC[C@@H](O)C[C@@H](O)CC(=O)O. The highest BCUT2D eigenvalue weighted by Gasteiger charge is 2.42. The first-order valence-corrected chi connectivity index (χ1v) is 13.6. The van der Waals surface area contributed by atoms with Gasteiger partial charge in [0, 0.05) is 24.0 Å². The van der Waals surface area contributed by atoms with Gasteiger partial charge in [-0.05, 0) is 67.4 Å². The Morgan fingerprint density at radius 2 is 1.74 bits per heavy atom. The van der Waals surface area contributed by atoms with Gasteiger partial charge in [0.25, 0.3) is 0 Å². The fourth-order valence-electron chi connectivity index (χ4n) is 5.69. The van der Waals surface area contributed by atoms with Crippen molar-refractivity contribution in [2.24, 2.45) is 5.92 Å². The van der Waals surface area contributed by atoms with Crippen molar-refractivity contribution in [1.82, 2.24) is 4.90 Å². The molecular weight excluding hydrogens is 480 g/mol. The van der Waals surface area contributed by atoms with E-state index in [1.165, 1.54) is 0 Å². The molecule has 202 valence electrons. The Morgan fingerprint density at radius 3 is 2.42 bits per heavy atom. The molecule has 38 heavy (non-hydrogen) atoms. The Bertz CT molecular complexity index is 1160. The van der Waals surface area contributed by atoms with Gasteiger partial charge in [-0.15, -0.1) is 0 Å². The summed E-state index contributed by atoms with van der Waals surface area (Å²) in [7, 11) is 0. The van der Waals surface area contributed by atoms with Crippen LogP contribution in [-0.2, 0) is 9.59 Å². The first-order valence-electron chi connectivity index (χ1n) is 13.6. The zero-order valence-corrected chi connectivity index (χ0v) is 21.9. The van der Waals surface area contributed by atoms with Crippen LogP contribution in [0.5, 0.6) is 0 Å². The molecule has 7 nitrogen and oxygen atoms in total. The minimum absolute atomic E-state index is 0.0195. The Balaban J connectivity index is 1.47. The van der Waals surface area contributed by atoms with Gasteiger partial charge in [0.05, 0.1) is 24.5 Å².